The van der Waals surface area contributed by atoms with E-state index >= 15 is 0 Å². The van der Waals surface area contributed by atoms with Crippen molar-refractivity contribution in [1.29, 1.82) is 0 Å². The molecule has 0 unspecified atom stereocenters. The number of benzene rings is 2. The molecule has 1 saturated heterocycles. The summed E-state index contributed by atoms with van der Waals surface area (Å²) in [5.74, 6) is -0.0172. The molecule has 3 rings (SSSR count). The first-order valence-electron chi connectivity index (χ1n) is 10.4. The van der Waals surface area contributed by atoms with Crippen LogP contribution < -0.4 is 5.32 Å². The smallest absolute Gasteiger partial charge is 0.243 e. The van der Waals surface area contributed by atoms with Gasteiger partial charge in [0.05, 0.1) is 10.9 Å². The van der Waals surface area contributed by atoms with Crippen molar-refractivity contribution in [3.8, 4) is 0 Å². The third kappa shape index (κ3) is 5.28. The van der Waals surface area contributed by atoms with E-state index in [9.17, 15) is 13.2 Å². The fraction of sp³-hybridized carbons (Fsp3) is 0.435. The van der Waals surface area contributed by atoms with E-state index in [4.69, 9.17) is 0 Å². The topological polar surface area (TPSA) is 69.7 Å². The van der Waals surface area contributed by atoms with Crippen molar-refractivity contribution in [3.63, 3.8) is 0 Å². The molecule has 1 fully saturated rings. The normalized spacial score (nSPS) is 16.9. The van der Waals surface area contributed by atoms with Gasteiger partial charge in [-0.15, -0.1) is 0 Å². The van der Waals surface area contributed by atoms with Gasteiger partial charge >= 0.3 is 0 Å². The van der Waals surface area contributed by atoms with E-state index in [1.807, 2.05) is 62.1 Å². The highest BCUT2D eigenvalue weighted by Crippen LogP contribution is 2.21. The van der Waals surface area contributed by atoms with Crippen LogP contribution in [0.5, 0.6) is 0 Å². The minimum absolute atomic E-state index is 0.0172. The number of aryl methyl sites for hydroxylation is 2. The van der Waals surface area contributed by atoms with Gasteiger partial charge in [0.2, 0.25) is 15.9 Å². The van der Waals surface area contributed by atoms with Crippen molar-refractivity contribution >= 4 is 15.9 Å². The van der Waals surface area contributed by atoms with Crippen LogP contribution in [0.25, 0.3) is 0 Å². The first-order chi connectivity index (χ1) is 14.3. The fourth-order valence-electron chi connectivity index (χ4n) is 3.64. The number of carbonyl (C=O) groups excluding carboxylic acids is 1. The minimum Gasteiger partial charge on any atom is -0.354 e. The number of piperazine rings is 1. The Morgan fingerprint density at radius 1 is 1.00 bits per heavy atom. The molecule has 0 bridgehead atoms. The SMILES string of the molecule is Cc1ccc(S(=O)(=O)N2CCN([C@@H](C)C(=O)NCCc3ccccc3)CC2)cc1C. The van der Waals surface area contributed by atoms with Crippen LogP contribution in [0.2, 0.25) is 0 Å². The second-order valence-electron chi connectivity index (χ2n) is 7.89. The fourth-order valence-corrected chi connectivity index (χ4v) is 5.15. The number of carbonyl (C=O) groups is 1. The van der Waals surface area contributed by atoms with E-state index in [2.05, 4.69) is 5.32 Å². The van der Waals surface area contributed by atoms with Crippen molar-refractivity contribution in [2.45, 2.75) is 38.1 Å². The molecule has 162 valence electrons. The lowest BCUT2D eigenvalue weighted by Crippen LogP contribution is -2.55. The maximum Gasteiger partial charge on any atom is 0.243 e. The monoisotopic (exact) mass is 429 g/mol. The van der Waals surface area contributed by atoms with Gasteiger partial charge in [-0.05, 0) is 56.0 Å². The van der Waals surface area contributed by atoms with Gasteiger partial charge in [0.25, 0.3) is 0 Å². The summed E-state index contributed by atoms with van der Waals surface area (Å²) in [7, 11) is -3.51. The van der Waals surface area contributed by atoms with E-state index in [-0.39, 0.29) is 11.9 Å². The van der Waals surface area contributed by atoms with Crippen LogP contribution in [0.4, 0.5) is 0 Å². The van der Waals surface area contributed by atoms with Crippen molar-refractivity contribution in [2.75, 3.05) is 32.7 Å². The van der Waals surface area contributed by atoms with Crippen LogP contribution in [0.1, 0.15) is 23.6 Å². The predicted octanol–water partition coefficient (Wildman–Crippen LogP) is 2.36. The molecule has 1 heterocycles. The average Bonchev–Trinajstić information content (AvgIpc) is 2.75. The van der Waals surface area contributed by atoms with Crippen LogP contribution in [-0.2, 0) is 21.2 Å². The molecule has 1 amide bonds. The maximum atomic E-state index is 13.0. The highest BCUT2D eigenvalue weighted by atomic mass is 32.2. The van der Waals surface area contributed by atoms with Gasteiger partial charge in [0, 0.05) is 32.7 Å². The van der Waals surface area contributed by atoms with Crippen molar-refractivity contribution in [2.24, 2.45) is 0 Å². The van der Waals surface area contributed by atoms with E-state index in [1.54, 1.807) is 12.1 Å². The summed E-state index contributed by atoms with van der Waals surface area (Å²) < 4.78 is 27.5. The first-order valence-corrected chi connectivity index (χ1v) is 11.9. The zero-order valence-corrected chi connectivity index (χ0v) is 18.8. The number of nitrogens with one attached hydrogen (secondary N) is 1. The van der Waals surface area contributed by atoms with Crippen molar-refractivity contribution < 1.29 is 13.2 Å². The van der Waals surface area contributed by atoms with Gasteiger partial charge in [0.15, 0.2) is 0 Å². The summed E-state index contributed by atoms with van der Waals surface area (Å²) in [6, 6.07) is 15.0. The summed E-state index contributed by atoms with van der Waals surface area (Å²) in [5.41, 5.74) is 3.23. The number of amides is 1. The van der Waals surface area contributed by atoms with Gasteiger partial charge < -0.3 is 5.32 Å². The van der Waals surface area contributed by atoms with Gasteiger partial charge in [-0.25, -0.2) is 8.42 Å². The van der Waals surface area contributed by atoms with Crippen LogP contribution in [0.3, 0.4) is 0 Å². The van der Waals surface area contributed by atoms with Gasteiger partial charge in [-0.3, -0.25) is 9.69 Å². The Balaban J connectivity index is 1.51. The summed E-state index contributed by atoms with van der Waals surface area (Å²) in [4.78, 5) is 14.9. The standard InChI is InChI=1S/C23H31N3O3S/c1-18-9-10-22(17-19(18)2)30(28,29)26-15-13-25(14-16-26)20(3)23(27)24-12-11-21-7-5-4-6-8-21/h4-10,17,20H,11-16H2,1-3H3,(H,24,27)/t20-/m0/s1. The summed E-state index contributed by atoms with van der Waals surface area (Å²) in [6.45, 7) is 8.21. The Morgan fingerprint density at radius 3 is 2.30 bits per heavy atom. The Morgan fingerprint density at radius 2 is 1.67 bits per heavy atom. The van der Waals surface area contributed by atoms with Gasteiger partial charge in [-0.2, -0.15) is 4.31 Å². The second kappa shape index (κ2) is 9.73. The Bertz CT molecular complexity index is 968. The highest BCUT2D eigenvalue weighted by Gasteiger charge is 2.31. The average molecular weight is 430 g/mol. The predicted molar refractivity (Wildman–Crippen MR) is 119 cm³/mol. The molecule has 2 aromatic rings. The molecular weight excluding hydrogens is 398 g/mol. The number of hydrogen-bond acceptors (Lipinski definition) is 4. The summed E-state index contributed by atoms with van der Waals surface area (Å²) >= 11 is 0. The minimum atomic E-state index is -3.51. The molecule has 0 aliphatic carbocycles. The first kappa shape index (κ1) is 22.5. The number of hydrogen-bond donors (Lipinski definition) is 1. The van der Waals surface area contributed by atoms with Crippen molar-refractivity contribution in [3.05, 3.63) is 65.2 Å². The van der Waals surface area contributed by atoms with Gasteiger partial charge in [-0.1, -0.05) is 36.4 Å². The summed E-state index contributed by atoms with van der Waals surface area (Å²) in [5, 5.41) is 2.99. The molecule has 1 N–H and O–H groups in total. The van der Waals surface area contributed by atoms with Crippen LogP contribution in [0.15, 0.2) is 53.4 Å². The zero-order valence-electron chi connectivity index (χ0n) is 18.0. The van der Waals surface area contributed by atoms with E-state index in [0.717, 1.165) is 17.5 Å². The summed E-state index contributed by atoms with van der Waals surface area (Å²) in [6.07, 6.45) is 0.793. The lowest BCUT2D eigenvalue weighted by atomic mass is 10.1. The zero-order chi connectivity index (χ0) is 21.7. The van der Waals surface area contributed by atoms with Crippen molar-refractivity contribution in [1.82, 2.24) is 14.5 Å². The van der Waals surface area contributed by atoms with Gasteiger partial charge in [0.1, 0.15) is 0 Å². The maximum absolute atomic E-state index is 13.0. The molecule has 0 spiro atoms. The molecule has 0 radical (unpaired) electrons. The van der Waals surface area contributed by atoms with E-state index in [0.29, 0.717) is 37.6 Å². The molecule has 0 aromatic heterocycles. The molecule has 1 atom stereocenters. The Hall–Kier alpha value is -2.22. The second-order valence-corrected chi connectivity index (χ2v) is 9.83. The van der Waals surface area contributed by atoms with E-state index < -0.39 is 10.0 Å². The molecule has 30 heavy (non-hydrogen) atoms. The third-order valence-corrected chi connectivity index (χ3v) is 7.77. The largest absolute Gasteiger partial charge is 0.354 e. The highest BCUT2D eigenvalue weighted by molar-refractivity contribution is 7.89. The number of nitrogens with zero attached hydrogens (tertiary/aromatic N) is 2. The van der Waals surface area contributed by atoms with Crippen LogP contribution in [-0.4, -0.2) is 62.3 Å². The molecular formula is C23H31N3O3S. The Kier molecular flexibility index (Phi) is 7.28. The Labute approximate surface area is 179 Å². The van der Waals surface area contributed by atoms with E-state index in [1.165, 1.54) is 9.87 Å². The molecule has 0 saturated carbocycles. The molecule has 1 aliphatic rings. The molecule has 1 aliphatic heterocycles. The van der Waals surface area contributed by atoms with Crippen LogP contribution >= 0.6 is 0 Å². The molecule has 6 nitrogen and oxygen atoms in total. The lowest BCUT2D eigenvalue weighted by molar-refractivity contribution is -0.126. The number of rotatable bonds is 7. The lowest BCUT2D eigenvalue weighted by Gasteiger charge is -2.36. The number of sulfonamides is 1. The third-order valence-electron chi connectivity index (χ3n) is 5.87. The molecule has 2 aromatic carbocycles. The van der Waals surface area contributed by atoms with Crippen LogP contribution in [0, 0.1) is 13.8 Å². The quantitative estimate of drug-likeness (QED) is 0.734. The molecule has 7 heteroatoms.